The highest BCUT2D eigenvalue weighted by molar-refractivity contribution is 9.09. The van der Waals surface area contributed by atoms with Crippen LogP contribution >= 0.6 is 25.3 Å². The second-order valence-electron chi connectivity index (χ2n) is 4.61. The van der Waals surface area contributed by atoms with E-state index >= 15 is 0 Å². The Bertz CT molecular complexity index is 439. The van der Waals surface area contributed by atoms with E-state index in [9.17, 15) is 4.79 Å². The zero-order chi connectivity index (χ0) is 13.0. The van der Waals surface area contributed by atoms with Crippen molar-refractivity contribution in [3.05, 3.63) is 23.4 Å². The van der Waals surface area contributed by atoms with E-state index in [4.69, 9.17) is 4.98 Å². The highest BCUT2D eigenvalue weighted by Crippen LogP contribution is 2.27. The number of Topliss-reactive ketones (excluding diaryl/α,β-unsaturated/α-hetero) is 1. The van der Waals surface area contributed by atoms with Crippen molar-refractivity contribution in [3.63, 3.8) is 0 Å². The molecule has 0 saturated heterocycles. The van der Waals surface area contributed by atoms with Crippen LogP contribution in [0.25, 0.3) is 0 Å². The normalized spacial score (nSPS) is 14.4. The number of carbonyl (C=O) groups is 1. The van der Waals surface area contributed by atoms with Gasteiger partial charge in [-0.3, -0.25) is 4.79 Å². The van der Waals surface area contributed by atoms with Gasteiger partial charge in [0.1, 0.15) is 11.6 Å². The number of fused-ring (bicyclic) bond motifs is 1. The van der Waals surface area contributed by atoms with Crippen molar-refractivity contribution in [1.29, 1.82) is 0 Å². The second kappa shape index (κ2) is 6.63. The predicted octanol–water partition coefficient (Wildman–Crippen LogP) is 2.91. The van der Waals surface area contributed by atoms with Crippen LogP contribution in [-0.2, 0) is 17.6 Å². The van der Waals surface area contributed by atoms with E-state index in [1.54, 1.807) is 0 Å². The molecular formula is C13H18BrN2OP. The zero-order valence-corrected chi connectivity index (χ0v) is 13.1. The summed E-state index contributed by atoms with van der Waals surface area (Å²) in [5, 5.41) is 0.462. The molecule has 2 rings (SSSR count). The van der Waals surface area contributed by atoms with Crippen LogP contribution in [0.15, 0.2) is 12.1 Å². The molecule has 0 aromatic carbocycles. The van der Waals surface area contributed by atoms with Crippen LogP contribution in [0.4, 0.5) is 5.82 Å². The van der Waals surface area contributed by atoms with Gasteiger partial charge in [-0.15, -0.1) is 0 Å². The van der Waals surface area contributed by atoms with Gasteiger partial charge < -0.3 is 4.67 Å². The molecule has 3 nitrogen and oxygen atoms in total. The molecule has 0 amide bonds. The largest absolute Gasteiger partial charge is 0.341 e. The number of aromatic nitrogens is 1. The third kappa shape index (κ3) is 3.52. The Labute approximate surface area is 119 Å². The highest BCUT2D eigenvalue weighted by Gasteiger charge is 2.15. The first-order chi connectivity index (χ1) is 8.70. The van der Waals surface area contributed by atoms with Gasteiger partial charge in [0.15, 0.2) is 0 Å². The molecule has 1 atom stereocenters. The van der Waals surface area contributed by atoms with Crippen LogP contribution in [0.2, 0.25) is 0 Å². The molecule has 0 aliphatic carbocycles. The summed E-state index contributed by atoms with van der Waals surface area (Å²) in [4.78, 5) is 15.9. The van der Waals surface area contributed by atoms with E-state index in [2.05, 4.69) is 42.1 Å². The summed E-state index contributed by atoms with van der Waals surface area (Å²) in [5.41, 5.74) is 2.42. The Kier molecular flexibility index (Phi) is 5.13. The predicted molar refractivity (Wildman–Crippen MR) is 81.4 cm³/mol. The number of ketones is 1. The second-order valence-corrected chi connectivity index (χ2v) is 5.79. The van der Waals surface area contributed by atoms with Crippen LogP contribution in [0.5, 0.6) is 0 Å². The van der Waals surface area contributed by atoms with Crippen LogP contribution in [-0.4, -0.2) is 22.6 Å². The molecule has 0 bridgehead atoms. The quantitative estimate of drug-likeness (QED) is 0.615. The SMILES string of the molecule is O=C(CBr)CCCc1ccc2c(n1)N(P)CCC2. The molecule has 1 aliphatic rings. The number of carbonyl (C=O) groups excluding carboxylic acids is 1. The molecule has 0 saturated carbocycles. The first-order valence-electron chi connectivity index (χ1n) is 6.29. The molecule has 5 heteroatoms. The first-order valence-corrected chi connectivity index (χ1v) is 7.93. The molecule has 1 aromatic heterocycles. The molecule has 2 heterocycles. The van der Waals surface area contributed by atoms with Gasteiger partial charge in [-0.1, -0.05) is 22.0 Å². The zero-order valence-electron chi connectivity index (χ0n) is 10.4. The Hall–Kier alpha value is -0.470. The lowest BCUT2D eigenvalue weighted by Crippen LogP contribution is -2.20. The minimum absolute atomic E-state index is 0.264. The summed E-state index contributed by atoms with van der Waals surface area (Å²) >= 11 is 3.18. The lowest BCUT2D eigenvalue weighted by atomic mass is 10.1. The average molecular weight is 329 g/mol. The molecule has 1 aliphatic heterocycles. The topological polar surface area (TPSA) is 33.2 Å². The monoisotopic (exact) mass is 328 g/mol. The Morgan fingerprint density at radius 1 is 1.50 bits per heavy atom. The summed E-state index contributed by atoms with van der Waals surface area (Å²) in [6.45, 7) is 1.05. The van der Waals surface area contributed by atoms with E-state index in [0.29, 0.717) is 11.8 Å². The van der Waals surface area contributed by atoms with E-state index in [-0.39, 0.29) is 5.78 Å². The van der Waals surface area contributed by atoms with Gasteiger partial charge in [-0.25, -0.2) is 4.98 Å². The van der Waals surface area contributed by atoms with E-state index in [1.165, 1.54) is 12.0 Å². The number of aryl methyl sites for hydroxylation is 2. The summed E-state index contributed by atoms with van der Waals surface area (Å²) in [7, 11) is 2.74. The van der Waals surface area contributed by atoms with Crippen LogP contribution in [0.3, 0.4) is 0 Å². The number of hydrogen-bond acceptors (Lipinski definition) is 3. The fourth-order valence-electron chi connectivity index (χ4n) is 2.18. The third-order valence-electron chi connectivity index (χ3n) is 3.17. The van der Waals surface area contributed by atoms with E-state index < -0.39 is 0 Å². The number of hydrogen-bond donors (Lipinski definition) is 0. The van der Waals surface area contributed by atoms with Gasteiger partial charge in [0.2, 0.25) is 0 Å². The number of rotatable bonds is 5. The highest BCUT2D eigenvalue weighted by atomic mass is 79.9. The molecule has 0 N–H and O–H groups in total. The van der Waals surface area contributed by atoms with Crippen molar-refractivity contribution in [2.75, 3.05) is 16.5 Å². The Balaban J connectivity index is 1.98. The molecule has 18 heavy (non-hydrogen) atoms. The minimum Gasteiger partial charge on any atom is -0.341 e. The van der Waals surface area contributed by atoms with Gasteiger partial charge in [0, 0.05) is 18.7 Å². The van der Waals surface area contributed by atoms with Crippen molar-refractivity contribution < 1.29 is 4.79 Å². The number of alkyl halides is 1. The molecule has 1 aromatic rings. The molecule has 0 fully saturated rings. The number of pyridine rings is 1. The third-order valence-corrected chi connectivity index (χ3v) is 4.30. The van der Waals surface area contributed by atoms with Crippen molar-refractivity contribution in [2.45, 2.75) is 32.1 Å². The summed E-state index contributed by atoms with van der Waals surface area (Å²) in [5.74, 6) is 1.36. The van der Waals surface area contributed by atoms with Crippen molar-refractivity contribution in [2.24, 2.45) is 0 Å². The molecular weight excluding hydrogens is 311 g/mol. The van der Waals surface area contributed by atoms with Crippen molar-refractivity contribution >= 4 is 36.9 Å². The Morgan fingerprint density at radius 2 is 2.33 bits per heavy atom. The van der Waals surface area contributed by atoms with Gasteiger partial charge in [0.05, 0.1) is 5.33 Å². The van der Waals surface area contributed by atoms with E-state index in [1.807, 2.05) is 0 Å². The first kappa shape index (κ1) is 14.0. The van der Waals surface area contributed by atoms with Gasteiger partial charge in [0.25, 0.3) is 0 Å². The van der Waals surface area contributed by atoms with Gasteiger partial charge >= 0.3 is 0 Å². The number of nitrogens with zero attached hydrogens (tertiary/aromatic N) is 2. The van der Waals surface area contributed by atoms with Gasteiger partial charge in [-0.05, 0) is 46.7 Å². The lowest BCUT2D eigenvalue weighted by Gasteiger charge is -2.26. The molecule has 1 unspecified atom stereocenters. The lowest BCUT2D eigenvalue weighted by molar-refractivity contribution is -0.116. The van der Waals surface area contributed by atoms with Crippen molar-refractivity contribution in [1.82, 2.24) is 4.98 Å². The summed E-state index contributed by atoms with van der Waals surface area (Å²) in [6.07, 6.45) is 4.71. The van der Waals surface area contributed by atoms with Gasteiger partial charge in [-0.2, -0.15) is 0 Å². The molecule has 0 radical (unpaired) electrons. The maximum Gasteiger partial charge on any atom is 0.143 e. The van der Waals surface area contributed by atoms with Crippen molar-refractivity contribution in [3.8, 4) is 0 Å². The summed E-state index contributed by atoms with van der Waals surface area (Å²) in [6, 6.07) is 4.28. The smallest absolute Gasteiger partial charge is 0.143 e. The fourth-order valence-corrected chi connectivity index (χ4v) is 2.87. The fraction of sp³-hybridized carbons (Fsp3) is 0.538. The standard InChI is InChI=1S/C13H18BrN2OP/c14-9-12(17)5-1-4-11-7-6-10-3-2-8-16(18)13(10)15-11/h6-7H,1-5,8-9,18H2. The maximum absolute atomic E-state index is 11.2. The molecule has 98 valence electrons. The minimum atomic E-state index is 0.264. The number of halogens is 1. The Morgan fingerprint density at radius 3 is 3.11 bits per heavy atom. The average Bonchev–Trinajstić information content (AvgIpc) is 2.39. The van der Waals surface area contributed by atoms with E-state index in [0.717, 1.165) is 37.3 Å². The van der Waals surface area contributed by atoms with Crippen LogP contribution in [0, 0.1) is 0 Å². The maximum atomic E-state index is 11.2. The summed E-state index contributed by atoms with van der Waals surface area (Å²) < 4.78 is 2.14. The van der Waals surface area contributed by atoms with Crippen LogP contribution in [0.1, 0.15) is 30.5 Å². The number of anilines is 1. The van der Waals surface area contributed by atoms with Crippen LogP contribution < -0.4 is 4.67 Å². The molecule has 0 spiro atoms.